The van der Waals surface area contributed by atoms with Crippen molar-refractivity contribution in [1.29, 1.82) is 0 Å². The predicted octanol–water partition coefficient (Wildman–Crippen LogP) is 4.43. The third-order valence-corrected chi connectivity index (χ3v) is 6.63. The van der Waals surface area contributed by atoms with Crippen LogP contribution >= 0.6 is 0 Å². The zero-order valence-electron chi connectivity index (χ0n) is 18.3. The van der Waals surface area contributed by atoms with E-state index in [2.05, 4.69) is 36.1 Å². The number of rotatable bonds is 7. The largest absolute Gasteiger partial charge is 0.459 e. The number of furan rings is 1. The van der Waals surface area contributed by atoms with Crippen LogP contribution in [0.25, 0.3) is 0 Å². The highest BCUT2D eigenvalue weighted by atomic mass is 16.5. The van der Waals surface area contributed by atoms with Gasteiger partial charge in [0, 0.05) is 31.8 Å². The van der Waals surface area contributed by atoms with Gasteiger partial charge in [0.1, 0.15) is 0 Å². The van der Waals surface area contributed by atoms with Gasteiger partial charge in [-0.05, 0) is 75.7 Å². The topological polar surface area (TPSA) is 45.9 Å². The number of hydrogen-bond acceptors (Lipinski definition) is 4. The Morgan fingerprint density at radius 1 is 1.07 bits per heavy atom. The highest BCUT2D eigenvalue weighted by molar-refractivity contribution is 5.92. The monoisotopic (exact) mass is 410 g/mol. The molecule has 1 atom stereocenters. The lowest BCUT2D eigenvalue weighted by atomic mass is 9.95. The van der Waals surface area contributed by atoms with Crippen LogP contribution in [-0.4, -0.2) is 54.6 Å². The van der Waals surface area contributed by atoms with Crippen LogP contribution in [-0.2, 0) is 11.3 Å². The van der Waals surface area contributed by atoms with Gasteiger partial charge in [0.05, 0.1) is 12.4 Å². The van der Waals surface area contributed by atoms with Crippen molar-refractivity contribution in [2.45, 2.75) is 52.2 Å². The van der Waals surface area contributed by atoms with Crippen molar-refractivity contribution in [1.82, 2.24) is 9.80 Å². The summed E-state index contributed by atoms with van der Waals surface area (Å²) >= 11 is 0. The van der Waals surface area contributed by atoms with E-state index in [1.807, 2.05) is 17.9 Å². The summed E-state index contributed by atoms with van der Waals surface area (Å²) in [6.07, 6.45) is 6.14. The van der Waals surface area contributed by atoms with Gasteiger partial charge in [-0.2, -0.15) is 0 Å². The summed E-state index contributed by atoms with van der Waals surface area (Å²) in [5, 5.41) is 0. The Hall–Kier alpha value is -2.11. The molecular weight excluding hydrogens is 376 g/mol. The Balaban J connectivity index is 1.35. The van der Waals surface area contributed by atoms with Gasteiger partial charge in [-0.3, -0.25) is 9.69 Å². The van der Waals surface area contributed by atoms with E-state index in [4.69, 9.17) is 9.15 Å². The minimum absolute atomic E-state index is 0.00957. The normalized spacial score (nSPS) is 20.5. The summed E-state index contributed by atoms with van der Waals surface area (Å²) in [5.41, 5.74) is 3.69. The predicted molar refractivity (Wildman–Crippen MR) is 118 cm³/mol. The second-order valence-electron chi connectivity index (χ2n) is 8.92. The van der Waals surface area contributed by atoms with Crippen molar-refractivity contribution < 1.29 is 13.9 Å². The van der Waals surface area contributed by atoms with E-state index in [1.54, 1.807) is 6.26 Å². The second kappa shape index (κ2) is 9.80. The van der Waals surface area contributed by atoms with Crippen molar-refractivity contribution in [2.75, 3.05) is 32.8 Å². The van der Waals surface area contributed by atoms with Gasteiger partial charge in [0.15, 0.2) is 5.76 Å². The van der Waals surface area contributed by atoms with E-state index in [0.717, 1.165) is 64.0 Å². The number of likely N-dealkylation sites (tertiary alicyclic amines) is 1. The Bertz CT molecular complexity index is 832. The standard InChI is InChI=1S/C25H34N2O3/c1-19-6-3-4-7-22(19)17-26-12-9-21(10-13-26)16-27(18-23-8-5-14-29-23)25(28)24-20(2)11-15-30-24/h3-4,6-7,11,15,21,23H,5,8-10,12-14,16-18H2,1-2H3. The van der Waals surface area contributed by atoms with Gasteiger partial charge in [0.2, 0.25) is 0 Å². The second-order valence-corrected chi connectivity index (χ2v) is 8.92. The Kier molecular flexibility index (Phi) is 6.90. The Morgan fingerprint density at radius 2 is 1.87 bits per heavy atom. The molecule has 5 nitrogen and oxygen atoms in total. The van der Waals surface area contributed by atoms with Crippen molar-refractivity contribution in [3.05, 3.63) is 59.0 Å². The molecule has 2 fully saturated rings. The SMILES string of the molecule is Cc1ccccc1CN1CCC(CN(CC2CCCO2)C(=O)c2occc2C)CC1. The molecule has 0 aliphatic carbocycles. The molecule has 4 rings (SSSR count). The lowest BCUT2D eigenvalue weighted by Crippen LogP contribution is -2.43. The number of piperidine rings is 1. The van der Waals surface area contributed by atoms with Crippen LogP contribution in [0.1, 0.15) is 52.9 Å². The molecule has 30 heavy (non-hydrogen) atoms. The van der Waals surface area contributed by atoms with Crippen LogP contribution in [0.3, 0.4) is 0 Å². The average molecular weight is 411 g/mol. The van der Waals surface area contributed by atoms with Crippen LogP contribution in [0.2, 0.25) is 0 Å². The molecule has 0 spiro atoms. The maximum Gasteiger partial charge on any atom is 0.289 e. The van der Waals surface area contributed by atoms with Gasteiger partial charge in [0.25, 0.3) is 5.91 Å². The zero-order chi connectivity index (χ0) is 20.9. The van der Waals surface area contributed by atoms with Crippen LogP contribution < -0.4 is 0 Å². The molecule has 3 heterocycles. The summed E-state index contributed by atoms with van der Waals surface area (Å²) in [5.74, 6) is 1.01. The number of ether oxygens (including phenoxy) is 1. The van der Waals surface area contributed by atoms with Crippen molar-refractivity contribution in [3.63, 3.8) is 0 Å². The van der Waals surface area contributed by atoms with E-state index >= 15 is 0 Å². The van der Waals surface area contributed by atoms with E-state index in [0.29, 0.717) is 18.2 Å². The minimum Gasteiger partial charge on any atom is -0.459 e. The number of amides is 1. The van der Waals surface area contributed by atoms with Gasteiger partial charge in [-0.1, -0.05) is 24.3 Å². The number of carbonyl (C=O) groups excluding carboxylic acids is 1. The highest BCUT2D eigenvalue weighted by Gasteiger charge is 2.29. The quantitative estimate of drug-likeness (QED) is 0.677. The van der Waals surface area contributed by atoms with E-state index < -0.39 is 0 Å². The molecule has 0 bridgehead atoms. The molecular formula is C25H34N2O3. The number of aryl methyl sites for hydroxylation is 2. The average Bonchev–Trinajstić information content (AvgIpc) is 3.42. The first-order chi connectivity index (χ1) is 14.6. The zero-order valence-corrected chi connectivity index (χ0v) is 18.3. The minimum atomic E-state index is 0.00957. The van der Waals surface area contributed by atoms with E-state index in [-0.39, 0.29) is 12.0 Å². The van der Waals surface area contributed by atoms with E-state index in [9.17, 15) is 4.79 Å². The van der Waals surface area contributed by atoms with E-state index in [1.165, 1.54) is 11.1 Å². The first-order valence-electron chi connectivity index (χ1n) is 11.3. The summed E-state index contributed by atoms with van der Waals surface area (Å²) in [4.78, 5) is 17.7. The summed E-state index contributed by atoms with van der Waals surface area (Å²) in [7, 11) is 0. The van der Waals surface area contributed by atoms with Crippen LogP contribution in [0, 0.1) is 19.8 Å². The lowest BCUT2D eigenvalue weighted by molar-refractivity contribution is 0.0422. The lowest BCUT2D eigenvalue weighted by Gasteiger charge is -2.35. The fourth-order valence-corrected chi connectivity index (χ4v) is 4.68. The molecule has 1 aromatic carbocycles. The number of hydrogen-bond donors (Lipinski definition) is 0. The fourth-order valence-electron chi connectivity index (χ4n) is 4.68. The first-order valence-corrected chi connectivity index (χ1v) is 11.3. The van der Waals surface area contributed by atoms with Gasteiger partial charge >= 0.3 is 0 Å². The maximum atomic E-state index is 13.2. The molecule has 1 amide bonds. The molecule has 0 N–H and O–H groups in total. The molecule has 1 unspecified atom stereocenters. The highest BCUT2D eigenvalue weighted by Crippen LogP contribution is 2.24. The van der Waals surface area contributed by atoms with Gasteiger partial charge in [-0.15, -0.1) is 0 Å². The Labute approximate surface area is 180 Å². The molecule has 162 valence electrons. The molecule has 2 aliphatic rings. The number of benzene rings is 1. The van der Waals surface area contributed by atoms with Gasteiger partial charge in [-0.25, -0.2) is 0 Å². The Morgan fingerprint density at radius 3 is 2.53 bits per heavy atom. The molecule has 2 aromatic rings. The summed E-state index contributed by atoms with van der Waals surface area (Å²) in [6, 6.07) is 10.5. The maximum absolute atomic E-state index is 13.2. The van der Waals surface area contributed by atoms with Crippen molar-refractivity contribution in [3.8, 4) is 0 Å². The third-order valence-electron chi connectivity index (χ3n) is 6.63. The number of nitrogens with zero attached hydrogens (tertiary/aromatic N) is 2. The molecule has 0 radical (unpaired) electrons. The van der Waals surface area contributed by atoms with Crippen molar-refractivity contribution in [2.24, 2.45) is 5.92 Å². The van der Waals surface area contributed by atoms with Crippen LogP contribution in [0.4, 0.5) is 0 Å². The molecule has 2 saturated heterocycles. The number of carbonyl (C=O) groups is 1. The van der Waals surface area contributed by atoms with Gasteiger partial charge < -0.3 is 14.1 Å². The summed E-state index contributed by atoms with van der Waals surface area (Å²) in [6.45, 7) is 9.58. The molecule has 1 aromatic heterocycles. The fraction of sp³-hybridized carbons (Fsp3) is 0.560. The first kappa shape index (κ1) is 21.1. The molecule has 2 aliphatic heterocycles. The van der Waals surface area contributed by atoms with Crippen LogP contribution in [0.15, 0.2) is 41.0 Å². The smallest absolute Gasteiger partial charge is 0.289 e. The van der Waals surface area contributed by atoms with Crippen molar-refractivity contribution >= 4 is 5.91 Å². The third kappa shape index (κ3) is 5.13. The van der Waals surface area contributed by atoms with Crippen LogP contribution in [0.5, 0.6) is 0 Å². The molecule has 0 saturated carbocycles. The summed E-state index contributed by atoms with van der Waals surface area (Å²) < 4.78 is 11.3. The molecule has 5 heteroatoms.